The van der Waals surface area contributed by atoms with E-state index in [1.54, 1.807) is 0 Å². The normalized spacial score (nSPS) is 5.25. The third-order valence-corrected chi connectivity index (χ3v) is 1.27. The fraction of sp³-hybridized carbons (Fsp3) is 0. The van der Waals surface area contributed by atoms with Gasteiger partial charge in [0.25, 0.3) is 0 Å². The first-order valence-corrected chi connectivity index (χ1v) is 3.02. The maximum atomic E-state index is 4.34. The summed E-state index contributed by atoms with van der Waals surface area (Å²) in [7, 11) is 2.83. The Kier molecular flexibility index (Phi) is 4.73. The molecule has 0 aromatic rings. The molecule has 0 bridgehead atoms. The SMILES string of the molecule is PN=[P+]=S. The molecule has 0 amide bonds. The van der Waals surface area contributed by atoms with Crippen molar-refractivity contribution in [2.45, 2.75) is 0 Å². The Hall–Kier alpha value is 0.880. The molecule has 0 radical (unpaired) electrons. The molecule has 0 saturated heterocycles. The molecule has 0 aromatic carbocycles. The predicted octanol–water partition coefficient (Wildman–Crippen LogP) is 1.37. The zero-order valence-electron chi connectivity index (χ0n) is 1.88. The van der Waals surface area contributed by atoms with Crippen molar-refractivity contribution in [1.29, 1.82) is 0 Å². The van der Waals surface area contributed by atoms with Crippen LogP contribution in [0, 0.1) is 0 Å². The van der Waals surface area contributed by atoms with Gasteiger partial charge in [0.2, 0.25) is 0 Å². The van der Waals surface area contributed by atoms with Gasteiger partial charge in [-0.05, 0) is 0 Å². The third kappa shape index (κ3) is 2.88. The zero-order chi connectivity index (χ0) is 3.41. The van der Waals surface area contributed by atoms with E-state index < -0.39 is 0 Å². The molecule has 1 atom stereocenters. The molecular weight excluding hydrogens is 108 g/mol. The molecule has 4 heteroatoms. The van der Waals surface area contributed by atoms with Gasteiger partial charge in [-0.2, -0.15) is 0 Å². The quantitative estimate of drug-likeness (QED) is 0.429. The van der Waals surface area contributed by atoms with Crippen molar-refractivity contribution >= 4 is 28.3 Å². The van der Waals surface area contributed by atoms with Gasteiger partial charge in [0.15, 0.2) is 0 Å². The average Bonchev–Trinajstić information content (AvgIpc) is 1.37. The van der Waals surface area contributed by atoms with Crippen LogP contribution in [-0.2, 0) is 11.8 Å². The van der Waals surface area contributed by atoms with E-state index in [1.807, 2.05) is 0 Å². The first-order chi connectivity index (χ1) is 1.91. The van der Waals surface area contributed by atoms with Crippen LogP contribution in [0.3, 0.4) is 0 Å². The molecule has 4 heavy (non-hydrogen) atoms. The number of rotatable bonds is 0. The monoisotopic (exact) mass is 110 g/mol. The molecule has 0 heterocycles. The molecule has 0 rings (SSSR count). The summed E-state index contributed by atoms with van der Waals surface area (Å²) in [5.41, 5.74) is 0. The Morgan fingerprint density at radius 3 is 2.25 bits per heavy atom. The van der Waals surface area contributed by atoms with Crippen LogP contribution in [0.5, 0.6) is 0 Å². The van der Waals surface area contributed by atoms with Gasteiger partial charge in [-0.15, -0.1) is 0 Å². The van der Waals surface area contributed by atoms with E-state index in [-0.39, 0.29) is 0 Å². The molecule has 0 aliphatic carbocycles. The molecular formula is H2NP2S+. The Balaban J connectivity index is 3.11. The van der Waals surface area contributed by atoms with Crippen molar-refractivity contribution in [3.05, 3.63) is 0 Å². The van der Waals surface area contributed by atoms with E-state index in [4.69, 9.17) is 0 Å². The first-order valence-electron chi connectivity index (χ1n) is 0.641. The summed E-state index contributed by atoms with van der Waals surface area (Å²) in [6.45, 7) is 0. The molecule has 22 valence electrons. The Morgan fingerprint density at radius 1 is 2.00 bits per heavy atom. The Morgan fingerprint density at radius 2 is 2.25 bits per heavy atom. The molecule has 0 spiro atoms. The fourth-order valence-corrected chi connectivity index (χ4v) is 0. The molecule has 0 N–H and O–H groups in total. The van der Waals surface area contributed by atoms with Crippen molar-refractivity contribution in [3.63, 3.8) is 0 Å². The first kappa shape index (κ1) is 4.88. The van der Waals surface area contributed by atoms with Crippen LogP contribution in [0.25, 0.3) is 0 Å². The van der Waals surface area contributed by atoms with Crippen LogP contribution < -0.4 is 0 Å². The molecule has 0 saturated carbocycles. The maximum absolute atomic E-state index is 4.34. The van der Waals surface area contributed by atoms with Crippen molar-refractivity contribution in [2.24, 2.45) is 4.52 Å². The minimum atomic E-state index is 0.670. The fourth-order valence-electron chi connectivity index (χ4n) is 0. The van der Waals surface area contributed by atoms with Gasteiger partial charge in [-0.3, -0.25) is 0 Å². The van der Waals surface area contributed by atoms with Gasteiger partial charge in [0.05, 0.1) is 0 Å². The average molecular weight is 110 g/mol. The van der Waals surface area contributed by atoms with E-state index in [0.717, 1.165) is 0 Å². The van der Waals surface area contributed by atoms with Crippen LogP contribution in [0.2, 0.25) is 0 Å². The van der Waals surface area contributed by atoms with E-state index in [0.29, 0.717) is 7.15 Å². The molecule has 0 aliphatic heterocycles. The van der Waals surface area contributed by atoms with Crippen LogP contribution in [0.1, 0.15) is 0 Å². The summed E-state index contributed by atoms with van der Waals surface area (Å²) in [5, 5.41) is 0. The van der Waals surface area contributed by atoms with Crippen LogP contribution in [-0.4, -0.2) is 0 Å². The molecule has 0 aromatic heterocycles. The Bertz CT molecular complexity index is 44.0. The van der Waals surface area contributed by atoms with E-state index in [2.05, 4.69) is 25.7 Å². The zero-order valence-corrected chi connectivity index (χ0v) is 4.75. The standard InChI is InChI=1S/H2NP2S/c2-1-3-4/h2H2/q+1. The van der Waals surface area contributed by atoms with Crippen molar-refractivity contribution < 1.29 is 0 Å². The minimum absolute atomic E-state index is 0.670. The molecule has 0 aliphatic rings. The summed E-state index contributed by atoms with van der Waals surface area (Å²) in [5.74, 6) is 0. The second-order valence-electron chi connectivity index (χ2n) is 0.197. The topological polar surface area (TPSA) is 12.4 Å². The predicted molar refractivity (Wildman–Crippen MR) is 26.4 cm³/mol. The van der Waals surface area contributed by atoms with Gasteiger partial charge in [0.1, 0.15) is 0 Å². The van der Waals surface area contributed by atoms with Gasteiger partial charge >= 0.3 is 32.9 Å². The third-order valence-electron chi connectivity index (χ3n) is 0.0471. The van der Waals surface area contributed by atoms with E-state index in [9.17, 15) is 0 Å². The number of hydrogen-bond donors (Lipinski definition) is 0. The summed E-state index contributed by atoms with van der Waals surface area (Å²) in [6.07, 6.45) is 0. The molecule has 1 nitrogen and oxygen atoms in total. The van der Waals surface area contributed by atoms with Gasteiger partial charge in [-0.25, -0.2) is 0 Å². The second kappa shape index (κ2) is 3.88. The van der Waals surface area contributed by atoms with Crippen molar-refractivity contribution in [1.82, 2.24) is 0 Å². The molecule has 0 fully saturated rings. The van der Waals surface area contributed by atoms with E-state index >= 15 is 0 Å². The van der Waals surface area contributed by atoms with Crippen LogP contribution in [0.15, 0.2) is 4.52 Å². The molecule has 1 unspecified atom stereocenters. The van der Waals surface area contributed by atoms with Gasteiger partial charge < -0.3 is 0 Å². The van der Waals surface area contributed by atoms with E-state index in [1.165, 1.54) is 0 Å². The van der Waals surface area contributed by atoms with Crippen molar-refractivity contribution in [3.8, 4) is 0 Å². The summed E-state index contributed by atoms with van der Waals surface area (Å²) in [4.78, 5) is 0. The second-order valence-corrected chi connectivity index (χ2v) is 1.77. The number of hydrogen-bond acceptors (Lipinski definition) is 2. The van der Waals surface area contributed by atoms with Crippen LogP contribution >= 0.6 is 16.5 Å². The van der Waals surface area contributed by atoms with Crippen molar-refractivity contribution in [2.75, 3.05) is 0 Å². The van der Waals surface area contributed by atoms with Crippen LogP contribution in [0.4, 0.5) is 0 Å². The summed E-state index contributed by atoms with van der Waals surface area (Å²) >= 11 is 4.34. The van der Waals surface area contributed by atoms with Gasteiger partial charge in [-0.1, -0.05) is 0 Å². The summed E-state index contributed by atoms with van der Waals surface area (Å²) in [6, 6.07) is 0. The van der Waals surface area contributed by atoms with Gasteiger partial charge in [0, 0.05) is 0 Å². The Labute approximate surface area is 33.6 Å². The number of nitrogens with zero attached hydrogens (tertiary/aromatic N) is 1. The summed E-state index contributed by atoms with van der Waals surface area (Å²) < 4.78 is 3.44.